The fraction of sp³-hybridized carbons (Fsp3) is 0.500. The maximum absolute atomic E-state index is 6.30. The topological polar surface area (TPSA) is 64.2 Å². The fourth-order valence-electron chi connectivity index (χ4n) is 4.29. The van der Waals surface area contributed by atoms with Crippen LogP contribution in [0, 0.1) is 5.41 Å². The number of hydrogen-bond acceptors (Lipinski definition) is 4. The number of aromatic nitrogens is 2. The molecule has 3 aliphatic carbocycles. The molecule has 4 nitrogen and oxygen atoms in total. The molecule has 1 aromatic heterocycles. The lowest BCUT2D eigenvalue weighted by Gasteiger charge is -2.20. The molecule has 0 fully saturated rings. The molecule has 0 amide bonds. The Balaban J connectivity index is 1.56. The van der Waals surface area contributed by atoms with E-state index in [2.05, 4.69) is 23.0 Å². The molecule has 0 bridgehead atoms. The van der Waals surface area contributed by atoms with Crippen LogP contribution in [0.25, 0.3) is 11.5 Å². The number of nitrogens with zero attached hydrogens (tertiary/aromatic N) is 3. The van der Waals surface area contributed by atoms with E-state index in [1.54, 1.807) is 23.5 Å². The molecule has 1 atom stereocenters. The van der Waals surface area contributed by atoms with Gasteiger partial charge in [0.15, 0.2) is 0 Å². The zero-order valence-electron chi connectivity index (χ0n) is 13.5. The number of aliphatic imine (C=N–C) groups is 1. The Morgan fingerprint density at radius 3 is 2.78 bits per heavy atom. The van der Waals surface area contributed by atoms with Gasteiger partial charge in [0.05, 0.1) is 16.7 Å². The molecule has 5 heteroatoms. The molecule has 0 saturated carbocycles. The second-order valence-electron chi connectivity index (χ2n) is 6.82. The SMILES string of the molecule is [B]C1=c2nccnc2=CCC1N=C(C)CC1(CCN)C2=C1CC2. The number of rotatable bonds is 5. The van der Waals surface area contributed by atoms with Crippen LogP contribution in [0.2, 0.25) is 0 Å². The van der Waals surface area contributed by atoms with Crippen LogP contribution in [0.3, 0.4) is 0 Å². The van der Waals surface area contributed by atoms with E-state index in [1.807, 2.05) is 0 Å². The third-order valence-corrected chi connectivity index (χ3v) is 5.48. The normalized spacial score (nSPS) is 24.5. The van der Waals surface area contributed by atoms with Gasteiger partial charge in [-0.15, -0.1) is 0 Å². The molecule has 0 aromatic carbocycles. The molecule has 2 N–H and O–H groups in total. The summed E-state index contributed by atoms with van der Waals surface area (Å²) in [4.78, 5) is 13.6. The highest BCUT2D eigenvalue weighted by molar-refractivity contribution is 6.39. The van der Waals surface area contributed by atoms with Gasteiger partial charge < -0.3 is 5.73 Å². The summed E-state index contributed by atoms with van der Waals surface area (Å²) in [7, 11) is 6.30. The largest absolute Gasteiger partial charge is 0.330 e. The van der Waals surface area contributed by atoms with Crippen molar-refractivity contribution in [1.82, 2.24) is 9.97 Å². The van der Waals surface area contributed by atoms with Crippen LogP contribution >= 0.6 is 0 Å². The molecule has 116 valence electrons. The van der Waals surface area contributed by atoms with Gasteiger partial charge in [0, 0.05) is 23.5 Å². The average molecular weight is 304 g/mol. The second kappa shape index (κ2) is 5.41. The Morgan fingerprint density at radius 1 is 1.35 bits per heavy atom. The molecule has 1 heterocycles. The Bertz CT molecular complexity index is 823. The van der Waals surface area contributed by atoms with Gasteiger partial charge in [-0.05, 0) is 45.6 Å². The van der Waals surface area contributed by atoms with Crippen LogP contribution in [0.1, 0.15) is 39.0 Å². The van der Waals surface area contributed by atoms with E-state index in [1.165, 1.54) is 18.6 Å². The summed E-state index contributed by atoms with van der Waals surface area (Å²) in [5.74, 6) is 0. The van der Waals surface area contributed by atoms with Gasteiger partial charge in [0.2, 0.25) is 0 Å². The first-order chi connectivity index (χ1) is 11.2. The van der Waals surface area contributed by atoms with E-state index < -0.39 is 0 Å². The molecule has 3 aliphatic rings. The Morgan fingerprint density at radius 2 is 2.09 bits per heavy atom. The van der Waals surface area contributed by atoms with Crippen molar-refractivity contribution >= 4 is 25.1 Å². The summed E-state index contributed by atoms with van der Waals surface area (Å²) in [6, 6.07) is -0.0134. The van der Waals surface area contributed by atoms with Crippen molar-refractivity contribution in [2.24, 2.45) is 16.1 Å². The molecule has 4 rings (SSSR count). The Labute approximate surface area is 137 Å². The third kappa shape index (κ3) is 2.29. The Hall–Kier alpha value is -1.75. The third-order valence-electron chi connectivity index (χ3n) is 5.48. The van der Waals surface area contributed by atoms with Crippen LogP contribution in [-0.2, 0) is 0 Å². The average Bonchev–Trinajstić information content (AvgIpc) is 2.94. The Kier molecular flexibility index (Phi) is 3.49. The first kappa shape index (κ1) is 14.8. The van der Waals surface area contributed by atoms with Gasteiger partial charge in [-0.1, -0.05) is 22.7 Å². The van der Waals surface area contributed by atoms with Crippen molar-refractivity contribution in [2.45, 2.75) is 45.1 Å². The van der Waals surface area contributed by atoms with Crippen molar-refractivity contribution in [1.29, 1.82) is 0 Å². The van der Waals surface area contributed by atoms with Gasteiger partial charge in [0.25, 0.3) is 0 Å². The summed E-state index contributed by atoms with van der Waals surface area (Å²) < 4.78 is 0. The van der Waals surface area contributed by atoms with Crippen molar-refractivity contribution in [3.05, 3.63) is 34.2 Å². The minimum Gasteiger partial charge on any atom is -0.330 e. The highest BCUT2D eigenvalue weighted by Crippen LogP contribution is 2.68. The van der Waals surface area contributed by atoms with Gasteiger partial charge in [0.1, 0.15) is 7.85 Å². The second-order valence-corrected chi connectivity index (χ2v) is 6.82. The van der Waals surface area contributed by atoms with E-state index in [4.69, 9.17) is 18.6 Å². The summed E-state index contributed by atoms with van der Waals surface area (Å²) in [6.07, 6.45) is 10.9. The minimum atomic E-state index is -0.0134. The number of hydrogen-bond donors (Lipinski definition) is 1. The van der Waals surface area contributed by atoms with Gasteiger partial charge in [-0.25, -0.2) is 0 Å². The smallest absolute Gasteiger partial charge is 0.113 e. The number of allylic oxidation sites excluding steroid dienone is 2. The summed E-state index contributed by atoms with van der Waals surface area (Å²) in [5.41, 5.74) is 11.3. The predicted octanol–water partition coefficient (Wildman–Crippen LogP) is 0.596. The molecule has 2 radical (unpaired) electrons. The van der Waals surface area contributed by atoms with E-state index in [0.717, 1.165) is 42.0 Å². The molecular weight excluding hydrogens is 283 g/mol. The molecule has 1 aromatic rings. The summed E-state index contributed by atoms with van der Waals surface area (Å²) in [6.45, 7) is 2.87. The zero-order chi connectivity index (χ0) is 16.0. The van der Waals surface area contributed by atoms with E-state index in [0.29, 0.717) is 0 Å². The first-order valence-corrected chi connectivity index (χ1v) is 8.39. The predicted molar refractivity (Wildman–Crippen MR) is 93.4 cm³/mol. The lowest BCUT2D eigenvalue weighted by atomic mass is 9.83. The van der Waals surface area contributed by atoms with E-state index in [-0.39, 0.29) is 11.5 Å². The first-order valence-electron chi connectivity index (χ1n) is 8.39. The van der Waals surface area contributed by atoms with Gasteiger partial charge >= 0.3 is 0 Å². The van der Waals surface area contributed by atoms with Gasteiger partial charge in [-0.2, -0.15) is 0 Å². The zero-order valence-corrected chi connectivity index (χ0v) is 13.5. The maximum Gasteiger partial charge on any atom is 0.113 e. The molecular formula is C18H21BN4. The van der Waals surface area contributed by atoms with Crippen molar-refractivity contribution in [2.75, 3.05) is 6.54 Å². The maximum atomic E-state index is 6.30. The molecule has 0 aliphatic heterocycles. The lowest BCUT2D eigenvalue weighted by Crippen LogP contribution is -2.39. The van der Waals surface area contributed by atoms with Crippen LogP contribution in [0.15, 0.2) is 28.5 Å². The van der Waals surface area contributed by atoms with E-state index in [9.17, 15) is 0 Å². The van der Waals surface area contributed by atoms with Crippen LogP contribution in [0.5, 0.6) is 0 Å². The standard InChI is InChI=1S/C18H21BN4/c1-11(10-18(6-7-20)12-2-3-13(12)18)23-14-4-5-15-17(16(14)19)22-9-8-21-15/h5,8-9,14H,2-4,6-7,10,20H2,1H3. The molecule has 0 spiro atoms. The number of nitrogens with two attached hydrogens (primary N) is 1. The fourth-order valence-corrected chi connectivity index (χ4v) is 4.29. The number of fused-ring (bicyclic) bond motifs is 1. The molecule has 0 saturated heterocycles. The van der Waals surface area contributed by atoms with E-state index >= 15 is 0 Å². The molecule has 23 heavy (non-hydrogen) atoms. The van der Waals surface area contributed by atoms with Crippen molar-refractivity contribution in [3.8, 4) is 0 Å². The quantitative estimate of drug-likeness (QED) is 0.492. The minimum absolute atomic E-state index is 0.0134. The van der Waals surface area contributed by atoms with Crippen LogP contribution in [0.4, 0.5) is 0 Å². The van der Waals surface area contributed by atoms with Crippen molar-refractivity contribution in [3.63, 3.8) is 0 Å². The monoisotopic (exact) mass is 304 g/mol. The lowest BCUT2D eigenvalue weighted by molar-refractivity contribution is 0.524. The summed E-state index contributed by atoms with van der Waals surface area (Å²) >= 11 is 0. The van der Waals surface area contributed by atoms with Crippen LogP contribution in [-0.4, -0.2) is 36.1 Å². The molecule has 1 unspecified atom stereocenters. The summed E-state index contributed by atoms with van der Waals surface area (Å²) in [5, 5.41) is 1.66. The van der Waals surface area contributed by atoms with Gasteiger partial charge in [-0.3, -0.25) is 15.0 Å². The highest BCUT2D eigenvalue weighted by atomic mass is 14.8. The van der Waals surface area contributed by atoms with Crippen LogP contribution < -0.4 is 16.4 Å². The highest BCUT2D eigenvalue weighted by Gasteiger charge is 2.56. The van der Waals surface area contributed by atoms with Crippen molar-refractivity contribution < 1.29 is 0 Å².